The highest BCUT2D eigenvalue weighted by Crippen LogP contribution is 2.26. The maximum atomic E-state index is 13.6. The van der Waals surface area contributed by atoms with Gasteiger partial charge in [0.1, 0.15) is 17.3 Å². The van der Waals surface area contributed by atoms with Gasteiger partial charge in [0.05, 0.1) is 0 Å². The largest absolute Gasteiger partial charge is 0.457 e. The molecule has 2 nitrogen and oxygen atoms in total. The van der Waals surface area contributed by atoms with Gasteiger partial charge in [-0.3, -0.25) is 0 Å². The summed E-state index contributed by atoms with van der Waals surface area (Å²) in [5.41, 5.74) is 0.878. The van der Waals surface area contributed by atoms with Crippen LogP contribution in [0, 0.1) is 5.82 Å². The first-order valence-electron chi connectivity index (χ1n) is 6.61. The van der Waals surface area contributed by atoms with Crippen LogP contribution in [-0.4, -0.2) is 6.54 Å². The van der Waals surface area contributed by atoms with E-state index < -0.39 is 0 Å². The van der Waals surface area contributed by atoms with Gasteiger partial charge >= 0.3 is 0 Å². The highest BCUT2D eigenvalue weighted by molar-refractivity contribution is 9.10. The number of nitrogens with one attached hydrogen (secondary N) is 1. The lowest BCUT2D eigenvalue weighted by Gasteiger charge is -2.09. The van der Waals surface area contributed by atoms with Crippen LogP contribution in [-0.2, 0) is 6.54 Å². The van der Waals surface area contributed by atoms with Crippen molar-refractivity contribution in [3.8, 4) is 11.5 Å². The average molecular weight is 338 g/mol. The van der Waals surface area contributed by atoms with E-state index in [1.807, 2.05) is 30.3 Å². The fraction of sp³-hybridized carbons (Fsp3) is 0.250. The first-order valence-corrected chi connectivity index (χ1v) is 7.40. The lowest BCUT2D eigenvalue weighted by Crippen LogP contribution is -2.13. The van der Waals surface area contributed by atoms with Crippen molar-refractivity contribution in [2.75, 3.05) is 6.54 Å². The molecular formula is C16H17BrFNO. The molecule has 20 heavy (non-hydrogen) atoms. The monoisotopic (exact) mass is 337 g/mol. The Hall–Kier alpha value is -1.39. The number of hydrogen-bond donors (Lipinski definition) is 1. The summed E-state index contributed by atoms with van der Waals surface area (Å²) in [5.74, 6) is 0.902. The average Bonchev–Trinajstić information content (AvgIpc) is 2.38. The molecule has 0 aromatic heterocycles. The number of rotatable bonds is 6. The molecule has 0 spiro atoms. The van der Waals surface area contributed by atoms with Crippen molar-refractivity contribution in [3.05, 3.63) is 58.3 Å². The number of ether oxygens (including phenoxy) is 1. The summed E-state index contributed by atoms with van der Waals surface area (Å²) >= 11 is 3.38. The summed E-state index contributed by atoms with van der Waals surface area (Å²) < 4.78 is 20.2. The maximum absolute atomic E-state index is 13.6. The summed E-state index contributed by atoms with van der Waals surface area (Å²) in [5, 5.41) is 3.25. The molecule has 106 valence electrons. The molecule has 0 saturated heterocycles. The van der Waals surface area contributed by atoms with Gasteiger partial charge in [0.25, 0.3) is 0 Å². The Bertz CT molecular complexity index is 574. The van der Waals surface area contributed by atoms with Crippen molar-refractivity contribution in [2.45, 2.75) is 19.9 Å². The van der Waals surface area contributed by atoms with E-state index in [2.05, 4.69) is 28.2 Å². The molecule has 4 heteroatoms. The van der Waals surface area contributed by atoms with Gasteiger partial charge in [0, 0.05) is 17.1 Å². The molecule has 0 unspecified atom stereocenters. The normalized spacial score (nSPS) is 10.6. The molecule has 0 fully saturated rings. The molecule has 0 amide bonds. The molecule has 0 aliphatic heterocycles. The van der Waals surface area contributed by atoms with Crippen molar-refractivity contribution in [1.82, 2.24) is 5.32 Å². The standard InChI is InChI=1S/C16H17BrFNO/c1-2-6-19-11-12-7-14(18)10-16(8-12)20-15-5-3-4-13(17)9-15/h3-5,7-10,19H,2,6,11H2,1H3. The molecule has 2 rings (SSSR count). The highest BCUT2D eigenvalue weighted by atomic mass is 79.9. The molecule has 0 radical (unpaired) electrons. The Morgan fingerprint density at radius 1 is 1.15 bits per heavy atom. The first kappa shape index (κ1) is 15.0. The van der Waals surface area contributed by atoms with Crippen LogP contribution in [0.1, 0.15) is 18.9 Å². The Kier molecular flexibility index (Phi) is 5.56. The van der Waals surface area contributed by atoms with Crippen molar-refractivity contribution in [2.24, 2.45) is 0 Å². The van der Waals surface area contributed by atoms with Gasteiger partial charge in [-0.25, -0.2) is 4.39 Å². The number of halogens is 2. The molecule has 0 atom stereocenters. The van der Waals surface area contributed by atoms with Crippen molar-refractivity contribution >= 4 is 15.9 Å². The SMILES string of the molecule is CCCNCc1cc(F)cc(Oc2cccc(Br)c2)c1. The minimum Gasteiger partial charge on any atom is -0.457 e. The first-order chi connectivity index (χ1) is 9.67. The smallest absolute Gasteiger partial charge is 0.130 e. The lowest BCUT2D eigenvalue weighted by atomic mass is 10.2. The Labute approximate surface area is 127 Å². The fourth-order valence-corrected chi connectivity index (χ4v) is 2.24. The third kappa shape index (κ3) is 4.62. The topological polar surface area (TPSA) is 21.3 Å². The Morgan fingerprint density at radius 3 is 2.75 bits per heavy atom. The van der Waals surface area contributed by atoms with Gasteiger partial charge in [-0.15, -0.1) is 0 Å². The predicted octanol–water partition coefficient (Wildman–Crippen LogP) is 4.88. The Morgan fingerprint density at radius 2 is 2.00 bits per heavy atom. The predicted molar refractivity (Wildman–Crippen MR) is 82.6 cm³/mol. The van der Waals surface area contributed by atoms with Crippen LogP contribution in [0.5, 0.6) is 11.5 Å². The van der Waals surface area contributed by atoms with Crippen LogP contribution in [0.4, 0.5) is 4.39 Å². The second-order valence-electron chi connectivity index (χ2n) is 4.53. The minimum absolute atomic E-state index is 0.286. The quantitative estimate of drug-likeness (QED) is 0.758. The number of benzene rings is 2. The van der Waals surface area contributed by atoms with Gasteiger partial charge in [0.2, 0.25) is 0 Å². The summed E-state index contributed by atoms with van der Waals surface area (Å²) in [4.78, 5) is 0. The summed E-state index contributed by atoms with van der Waals surface area (Å²) in [6, 6.07) is 12.2. The second-order valence-corrected chi connectivity index (χ2v) is 5.45. The van der Waals surface area contributed by atoms with E-state index in [0.717, 1.165) is 23.0 Å². The van der Waals surface area contributed by atoms with Crippen LogP contribution < -0.4 is 10.1 Å². The highest BCUT2D eigenvalue weighted by Gasteiger charge is 2.04. The van der Waals surface area contributed by atoms with Gasteiger partial charge in [-0.1, -0.05) is 28.9 Å². The van der Waals surface area contributed by atoms with E-state index in [0.29, 0.717) is 18.0 Å². The third-order valence-corrected chi connectivity index (χ3v) is 3.21. The molecular weight excluding hydrogens is 321 g/mol. The lowest BCUT2D eigenvalue weighted by molar-refractivity contribution is 0.475. The zero-order valence-electron chi connectivity index (χ0n) is 11.3. The Balaban J connectivity index is 2.11. The molecule has 0 heterocycles. The van der Waals surface area contributed by atoms with Gasteiger partial charge < -0.3 is 10.1 Å². The zero-order chi connectivity index (χ0) is 14.4. The van der Waals surface area contributed by atoms with E-state index in [-0.39, 0.29) is 5.82 Å². The molecule has 0 aliphatic carbocycles. The molecule has 2 aromatic carbocycles. The van der Waals surface area contributed by atoms with Gasteiger partial charge in [-0.2, -0.15) is 0 Å². The minimum atomic E-state index is -0.286. The van der Waals surface area contributed by atoms with Gasteiger partial charge in [-0.05, 0) is 48.9 Å². The van der Waals surface area contributed by atoms with Crippen LogP contribution >= 0.6 is 15.9 Å². The summed E-state index contributed by atoms with van der Waals surface area (Å²) in [6.07, 6.45) is 1.05. The van der Waals surface area contributed by atoms with E-state index >= 15 is 0 Å². The van der Waals surface area contributed by atoms with Crippen LogP contribution in [0.2, 0.25) is 0 Å². The number of hydrogen-bond acceptors (Lipinski definition) is 2. The van der Waals surface area contributed by atoms with Crippen molar-refractivity contribution < 1.29 is 9.13 Å². The van der Waals surface area contributed by atoms with Gasteiger partial charge in [0.15, 0.2) is 0 Å². The van der Waals surface area contributed by atoms with Crippen molar-refractivity contribution in [3.63, 3.8) is 0 Å². The molecule has 0 bridgehead atoms. The van der Waals surface area contributed by atoms with E-state index in [9.17, 15) is 4.39 Å². The van der Waals surface area contributed by atoms with Crippen LogP contribution in [0.3, 0.4) is 0 Å². The summed E-state index contributed by atoms with van der Waals surface area (Å²) in [7, 11) is 0. The fourth-order valence-electron chi connectivity index (χ4n) is 1.86. The van der Waals surface area contributed by atoms with Crippen molar-refractivity contribution in [1.29, 1.82) is 0 Å². The van der Waals surface area contributed by atoms with E-state index in [1.54, 1.807) is 0 Å². The van der Waals surface area contributed by atoms with E-state index in [1.165, 1.54) is 12.1 Å². The van der Waals surface area contributed by atoms with Crippen LogP contribution in [0.25, 0.3) is 0 Å². The molecule has 2 aromatic rings. The second kappa shape index (κ2) is 7.41. The maximum Gasteiger partial charge on any atom is 0.130 e. The zero-order valence-corrected chi connectivity index (χ0v) is 12.9. The summed E-state index contributed by atoms with van der Waals surface area (Å²) in [6.45, 7) is 3.65. The molecule has 0 aliphatic rings. The third-order valence-electron chi connectivity index (χ3n) is 2.72. The van der Waals surface area contributed by atoms with Crippen LogP contribution in [0.15, 0.2) is 46.9 Å². The molecule has 0 saturated carbocycles. The van der Waals surface area contributed by atoms with E-state index in [4.69, 9.17) is 4.74 Å². The molecule has 1 N–H and O–H groups in total.